The van der Waals surface area contributed by atoms with Gasteiger partial charge in [-0.2, -0.15) is 4.98 Å². The Balaban J connectivity index is 1.55. The Bertz CT molecular complexity index is 1060. The van der Waals surface area contributed by atoms with Crippen molar-refractivity contribution < 1.29 is 9.21 Å². The molecule has 1 aromatic carbocycles. The number of fused-ring (bicyclic) bond motifs is 1. The van der Waals surface area contributed by atoms with Crippen molar-refractivity contribution in [2.45, 2.75) is 32.1 Å². The molecule has 1 aliphatic rings. The molecule has 0 radical (unpaired) electrons. The summed E-state index contributed by atoms with van der Waals surface area (Å²) in [6.45, 7) is 0. The van der Waals surface area contributed by atoms with Gasteiger partial charge in [0.15, 0.2) is 5.82 Å². The van der Waals surface area contributed by atoms with E-state index in [4.69, 9.17) is 16.0 Å². The van der Waals surface area contributed by atoms with Crippen LogP contribution in [0, 0.1) is 0 Å². The minimum absolute atomic E-state index is 0.190. The Labute approximate surface area is 180 Å². The monoisotopic (exact) mass is 425 g/mol. The van der Waals surface area contributed by atoms with E-state index in [1.54, 1.807) is 20.2 Å². The second kappa shape index (κ2) is 8.75. The highest BCUT2D eigenvalue weighted by atomic mass is 35.5. The van der Waals surface area contributed by atoms with Gasteiger partial charge in [0.2, 0.25) is 11.7 Å². The first kappa shape index (κ1) is 20.2. The molecule has 2 aromatic heterocycles. The Kier molecular flexibility index (Phi) is 5.90. The molecule has 2 heterocycles. The number of hydrogen-bond donors (Lipinski definition) is 2. The van der Waals surface area contributed by atoms with Crippen LogP contribution in [0.1, 0.15) is 40.9 Å². The van der Waals surface area contributed by atoms with E-state index < -0.39 is 0 Å². The van der Waals surface area contributed by atoms with Crippen molar-refractivity contribution in [2.75, 3.05) is 24.7 Å². The fourth-order valence-electron chi connectivity index (χ4n) is 3.54. The number of hydrogen-bond acceptors (Lipinski definition) is 6. The molecule has 8 heteroatoms. The minimum Gasteiger partial charge on any atom is -0.457 e. The lowest BCUT2D eigenvalue weighted by Gasteiger charge is -2.13. The van der Waals surface area contributed by atoms with E-state index in [0.29, 0.717) is 22.5 Å². The number of rotatable bonds is 5. The number of furan rings is 1. The number of aromatic nitrogens is 2. The maximum Gasteiger partial charge on any atom is 0.291 e. The number of halogens is 1. The Morgan fingerprint density at radius 3 is 2.70 bits per heavy atom. The van der Waals surface area contributed by atoms with Crippen molar-refractivity contribution in [2.24, 2.45) is 0 Å². The van der Waals surface area contributed by atoms with Crippen molar-refractivity contribution in [3.63, 3.8) is 0 Å². The summed E-state index contributed by atoms with van der Waals surface area (Å²) in [5.74, 6) is 0.739. The van der Waals surface area contributed by atoms with Gasteiger partial charge in [-0.05, 0) is 48.9 Å². The molecule has 3 aromatic rings. The zero-order valence-corrected chi connectivity index (χ0v) is 17.8. The summed E-state index contributed by atoms with van der Waals surface area (Å²) in [7, 11) is 3.32. The van der Waals surface area contributed by atoms with Gasteiger partial charge < -0.3 is 20.0 Å². The number of carbonyl (C=O) groups is 1. The van der Waals surface area contributed by atoms with Gasteiger partial charge >= 0.3 is 0 Å². The first-order valence-electron chi connectivity index (χ1n) is 9.99. The summed E-state index contributed by atoms with van der Waals surface area (Å²) < 4.78 is 5.33. The fourth-order valence-corrected chi connectivity index (χ4v) is 3.67. The molecule has 1 amide bonds. The molecular formula is C22H24ClN5O2. The van der Waals surface area contributed by atoms with Crippen molar-refractivity contribution in [1.82, 2.24) is 14.9 Å². The fraction of sp³-hybridized carbons (Fsp3) is 0.318. The molecule has 0 fully saturated rings. The zero-order chi connectivity index (χ0) is 21.1. The lowest BCUT2D eigenvalue weighted by Crippen LogP contribution is -2.21. The third kappa shape index (κ3) is 4.41. The van der Waals surface area contributed by atoms with Gasteiger partial charge in [0.25, 0.3) is 5.91 Å². The third-order valence-electron chi connectivity index (χ3n) is 5.12. The summed E-state index contributed by atoms with van der Waals surface area (Å²) in [6, 6.07) is 8.08. The molecule has 0 spiro atoms. The van der Waals surface area contributed by atoms with Crippen LogP contribution in [0.4, 0.5) is 23.1 Å². The van der Waals surface area contributed by atoms with Gasteiger partial charge in [-0.1, -0.05) is 24.1 Å². The third-order valence-corrected chi connectivity index (χ3v) is 5.39. The number of nitrogens with one attached hydrogen (secondary N) is 2. The van der Waals surface area contributed by atoms with Crippen molar-refractivity contribution >= 4 is 40.6 Å². The molecule has 0 aliphatic heterocycles. The van der Waals surface area contributed by atoms with Gasteiger partial charge in [0.1, 0.15) is 5.02 Å². The number of carbonyl (C=O) groups excluding carboxylic acids is 1. The van der Waals surface area contributed by atoms with Crippen LogP contribution < -0.4 is 10.6 Å². The largest absolute Gasteiger partial charge is 0.457 e. The average Bonchev–Trinajstić information content (AvgIpc) is 3.05. The highest BCUT2D eigenvalue weighted by molar-refractivity contribution is 6.33. The van der Waals surface area contributed by atoms with Crippen LogP contribution in [0.3, 0.4) is 0 Å². The predicted octanol–water partition coefficient (Wildman–Crippen LogP) is 5.18. The molecule has 0 unspecified atom stereocenters. The van der Waals surface area contributed by atoms with Crippen LogP contribution in [-0.2, 0) is 12.8 Å². The van der Waals surface area contributed by atoms with Crippen LogP contribution in [0.25, 0.3) is 0 Å². The van der Waals surface area contributed by atoms with Gasteiger partial charge in [-0.15, -0.1) is 0 Å². The van der Waals surface area contributed by atoms with E-state index in [1.165, 1.54) is 47.7 Å². The van der Waals surface area contributed by atoms with Gasteiger partial charge in [0.05, 0.1) is 18.1 Å². The molecule has 1 aliphatic carbocycles. The van der Waals surface area contributed by atoms with Gasteiger partial charge in [-0.3, -0.25) is 4.79 Å². The normalized spacial score (nSPS) is 13.3. The number of aryl methyl sites for hydroxylation is 2. The Morgan fingerprint density at radius 2 is 1.90 bits per heavy atom. The molecule has 30 heavy (non-hydrogen) atoms. The van der Waals surface area contributed by atoms with E-state index in [2.05, 4.69) is 38.8 Å². The summed E-state index contributed by atoms with van der Waals surface area (Å²) in [4.78, 5) is 22.5. The summed E-state index contributed by atoms with van der Waals surface area (Å²) >= 11 is 6.28. The van der Waals surface area contributed by atoms with Crippen LogP contribution in [0.15, 0.2) is 41.1 Å². The number of amides is 1. The van der Waals surface area contributed by atoms with E-state index >= 15 is 0 Å². The van der Waals surface area contributed by atoms with E-state index in [0.717, 1.165) is 18.5 Å². The van der Waals surface area contributed by atoms with Crippen molar-refractivity contribution in [1.29, 1.82) is 0 Å². The molecule has 4 rings (SSSR count). The van der Waals surface area contributed by atoms with Crippen LogP contribution in [0.2, 0.25) is 5.02 Å². The van der Waals surface area contributed by atoms with E-state index in [9.17, 15) is 4.79 Å². The number of nitrogens with zero attached hydrogens (tertiary/aromatic N) is 3. The maximum absolute atomic E-state index is 12.3. The molecule has 2 N–H and O–H groups in total. The standard InChI is InChI=1S/C22H24ClN5O2/c1-28(2)21(29)19-18(10-11-30-19)26-20-17(23)13-24-22(27-20)25-16-9-8-14-6-4-3-5-7-15(14)12-16/h8-13H,3-7H2,1-2H3,(H2,24,25,26,27). The second-order valence-electron chi connectivity index (χ2n) is 7.55. The molecular weight excluding hydrogens is 402 g/mol. The van der Waals surface area contributed by atoms with Gasteiger partial charge in [-0.25, -0.2) is 4.98 Å². The lowest BCUT2D eigenvalue weighted by molar-refractivity contribution is 0.0798. The van der Waals surface area contributed by atoms with Gasteiger partial charge in [0, 0.05) is 25.8 Å². The topological polar surface area (TPSA) is 83.3 Å². The Morgan fingerprint density at radius 1 is 1.10 bits per heavy atom. The van der Waals surface area contributed by atoms with E-state index in [-0.39, 0.29) is 11.7 Å². The van der Waals surface area contributed by atoms with E-state index in [1.807, 2.05) is 0 Å². The number of anilines is 4. The second-order valence-corrected chi connectivity index (χ2v) is 7.95. The van der Waals surface area contributed by atoms with Crippen LogP contribution in [-0.4, -0.2) is 34.9 Å². The predicted molar refractivity (Wildman–Crippen MR) is 118 cm³/mol. The molecule has 0 bridgehead atoms. The summed E-state index contributed by atoms with van der Waals surface area (Å²) in [5, 5.41) is 6.67. The highest BCUT2D eigenvalue weighted by Crippen LogP contribution is 2.29. The highest BCUT2D eigenvalue weighted by Gasteiger charge is 2.19. The molecule has 0 atom stereocenters. The first-order chi connectivity index (χ1) is 14.5. The summed E-state index contributed by atoms with van der Waals surface area (Å²) in [6.07, 6.45) is 8.96. The van der Waals surface area contributed by atoms with Crippen LogP contribution in [0.5, 0.6) is 0 Å². The molecule has 0 saturated carbocycles. The SMILES string of the molecule is CN(C)C(=O)c1occc1Nc1nc(Nc2ccc3c(c2)CCCCC3)ncc1Cl. The lowest BCUT2D eigenvalue weighted by atomic mass is 10.0. The quantitative estimate of drug-likeness (QED) is 0.548. The zero-order valence-electron chi connectivity index (χ0n) is 17.0. The average molecular weight is 426 g/mol. The van der Waals surface area contributed by atoms with Crippen molar-refractivity contribution in [3.05, 3.63) is 58.6 Å². The molecule has 156 valence electrons. The van der Waals surface area contributed by atoms with Crippen LogP contribution >= 0.6 is 11.6 Å². The summed E-state index contributed by atoms with van der Waals surface area (Å²) in [5.41, 5.74) is 4.24. The smallest absolute Gasteiger partial charge is 0.291 e. The molecule has 7 nitrogen and oxygen atoms in total. The Hall–Kier alpha value is -3.06. The minimum atomic E-state index is -0.254. The molecule has 0 saturated heterocycles. The number of benzene rings is 1. The maximum atomic E-state index is 12.3. The first-order valence-corrected chi connectivity index (χ1v) is 10.4. The van der Waals surface area contributed by atoms with Crippen molar-refractivity contribution in [3.8, 4) is 0 Å².